The summed E-state index contributed by atoms with van der Waals surface area (Å²) in [4.78, 5) is 0. The molecule has 0 aromatic rings. The van der Waals surface area contributed by atoms with Gasteiger partial charge in [-0.1, -0.05) is 16.7 Å². The number of rotatable bonds is 1. The van der Waals surface area contributed by atoms with Crippen molar-refractivity contribution in [2.24, 2.45) is 4.47 Å². The maximum Gasteiger partial charge on any atom is 0.332 e. The fourth-order valence-corrected chi connectivity index (χ4v) is 0.463. The molecule has 0 saturated carbocycles. The fraction of sp³-hybridized carbons (Fsp3) is 0. The molecule has 0 aliphatic rings. The number of hydrogen-bond donors (Lipinski definition) is 2. The number of hydrogen-bond acceptors (Lipinski definition) is 4. The summed E-state index contributed by atoms with van der Waals surface area (Å²) in [6.45, 7) is 0. The predicted octanol–water partition coefficient (Wildman–Crippen LogP) is -0.232. The standard InChI is InChI=1S/CH2N2O2S3/c4-8(5)3-2-1(6)7/h(H2,2,6,7). The van der Waals surface area contributed by atoms with E-state index in [9.17, 15) is 8.42 Å². The molecule has 0 heterocycles. The van der Waals surface area contributed by atoms with E-state index in [4.69, 9.17) is 0 Å². The van der Waals surface area contributed by atoms with Crippen LogP contribution in [0.25, 0.3) is 0 Å². The first-order chi connectivity index (χ1) is 3.63. The van der Waals surface area contributed by atoms with Crippen molar-refractivity contribution in [1.29, 1.82) is 0 Å². The van der Waals surface area contributed by atoms with Crippen LogP contribution < -0.4 is 5.43 Å². The topological polar surface area (TPSA) is 58.5 Å². The van der Waals surface area contributed by atoms with Crippen molar-refractivity contribution in [2.45, 2.75) is 0 Å². The van der Waals surface area contributed by atoms with Gasteiger partial charge in [-0.25, -0.2) is 5.43 Å². The third-order valence-electron chi connectivity index (χ3n) is 0.216. The van der Waals surface area contributed by atoms with Crippen molar-refractivity contribution in [1.82, 2.24) is 5.43 Å². The lowest BCUT2D eigenvalue weighted by atomic mass is 11.5. The van der Waals surface area contributed by atoms with Crippen molar-refractivity contribution >= 4 is 39.7 Å². The van der Waals surface area contributed by atoms with E-state index in [2.05, 4.69) is 29.3 Å². The molecule has 0 saturated heterocycles. The van der Waals surface area contributed by atoms with Gasteiger partial charge in [0.15, 0.2) is 4.32 Å². The number of nitrogens with zero attached hydrogens (tertiary/aromatic N) is 1. The summed E-state index contributed by atoms with van der Waals surface area (Å²) in [5, 5.41) is 0. The van der Waals surface area contributed by atoms with Gasteiger partial charge in [0.2, 0.25) is 0 Å². The van der Waals surface area contributed by atoms with Gasteiger partial charge in [-0.05, 0) is 0 Å². The van der Waals surface area contributed by atoms with E-state index in [1.807, 2.05) is 5.43 Å². The van der Waals surface area contributed by atoms with E-state index in [1.165, 1.54) is 0 Å². The Morgan fingerprint density at radius 3 is 2.38 bits per heavy atom. The van der Waals surface area contributed by atoms with E-state index in [1.54, 1.807) is 0 Å². The highest BCUT2D eigenvalue weighted by molar-refractivity contribution is 8.11. The molecule has 7 heteroatoms. The molecule has 0 spiro atoms. The Morgan fingerprint density at radius 1 is 1.75 bits per heavy atom. The molecule has 0 aliphatic heterocycles. The Hall–Kier alpha value is -0.140. The van der Waals surface area contributed by atoms with Crippen molar-refractivity contribution in [3.63, 3.8) is 0 Å². The SMILES string of the molecule is O=S(=O)=NNC(=S)S. The molecule has 1 N–H and O–H groups in total. The Labute approximate surface area is 58.4 Å². The summed E-state index contributed by atoms with van der Waals surface area (Å²) in [7, 11) is -2.46. The predicted molar refractivity (Wildman–Crippen MR) is 36.1 cm³/mol. The molecule has 0 aliphatic carbocycles. The molecule has 0 fully saturated rings. The van der Waals surface area contributed by atoms with Gasteiger partial charge in [-0.15, -0.1) is 12.6 Å². The lowest BCUT2D eigenvalue weighted by Crippen LogP contribution is -2.05. The van der Waals surface area contributed by atoms with Gasteiger partial charge in [0.25, 0.3) is 0 Å². The lowest BCUT2D eigenvalue weighted by molar-refractivity contribution is 0.619. The van der Waals surface area contributed by atoms with E-state index in [0.29, 0.717) is 0 Å². The summed E-state index contributed by atoms with van der Waals surface area (Å²) >= 11 is 7.83. The largest absolute Gasteiger partial charge is 0.332 e. The minimum Gasteiger partial charge on any atom is -0.247 e. The second kappa shape index (κ2) is 3.81. The molecule has 0 unspecified atom stereocenters. The molecule has 0 rings (SSSR count). The van der Waals surface area contributed by atoms with Gasteiger partial charge < -0.3 is 0 Å². The summed E-state index contributed by atoms with van der Waals surface area (Å²) in [5.74, 6) is 0. The van der Waals surface area contributed by atoms with Gasteiger partial charge in [0.1, 0.15) is 0 Å². The average Bonchev–Trinajstić information content (AvgIpc) is 1.61. The first-order valence-corrected chi connectivity index (χ1v) is 3.30. The summed E-state index contributed by atoms with van der Waals surface area (Å²) in [6.07, 6.45) is 0. The molecule has 0 amide bonds. The number of nitrogens with one attached hydrogen (secondary N) is 1. The first kappa shape index (κ1) is 7.86. The maximum atomic E-state index is 9.58. The van der Waals surface area contributed by atoms with E-state index in [0.717, 1.165) is 0 Å². The highest BCUT2D eigenvalue weighted by atomic mass is 32.2. The number of thiol groups is 1. The van der Waals surface area contributed by atoms with Crippen LogP contribution in [-0.2, 0) is 10.5 Å². The smallest absolute Gasteiger partial charge is 0.247 e. The van der Waals surface area contributed by atoms with E-state index >= 15 is 0 Å². The lowest BCUT2D eigenvalue weighted by Gasteiger charge is -1.83. The molecule has 8 heavy (non-hydrogen) atoms. The molecule has 0 radical (unpaired) electrons. The Balaban J connectivity index is 3.81. The zero-order valence-corrected chi connectivity index (χ0v) is 6.05. The van der Waals surface area contributed by atoms with Crippen molar-refractivity contribution in [3.05, 3.63) is 0 Å². The molecule has 0 aromatic carbocycles. The molecule has 4 nitrogen and oxygen atoms in total. The molecule has 0 atom stereocenters. The second-order valence-corrected chi connectivity index (χ2v) is 2.50. The Kier molecular flexibility index (Phi) is 3.75. The third kappa shape index (κ3) is 5.86. The number of thiocarbonyl (C=S) groups is 1. The summed E-state index contributed by atoms with van der Waals surface area (Å²) < 4.78 is 22.0. The van der Waals surface area contributed by atoms with Crippen LogP contribution in [0.5, 0.6) is 0 Å². The summed E-state index contributed by atoms with van der Waals surface area (Å²) in [6, 6.07) is 0. The molecular formula is CH2N2O2S3. The van der Waals surface area contributed by atoms with Gasteiger partial charge in [-0.3, -0.25) is 0 Å². The maximum absolute atomic E-state index is 9.58. The summed E-state index contributed by atoms with van der Waals surface area (Å²) in [5.41, 5.74) is 1.95. The van der Waals surface area contributed by atoms with E-state index < -0.39 is 10.5 Å². The van der Waals surface area contributed by atoms with Crippen LogP contribution >= 0.6 is 24.8 Å². The minimum absolute atomic E-state index is 0.0224. The van der Waals surface area contributed by atoms with Crippen molar-refractivity contribution in [2.75, 3.05) is 0 Å². The van der Waals surface area contributed by atoms with Crippen LogP contribution in [0.4, 0.5) is 0 Å². The average molecular weight is 170 g/mol. The van der Waals surface area contributed by atoms with E-state index in [-0.39, 0.29) is 4.32 Å². The van der Waals surface area contributed by atoms with Gasteiger partial charge in [0, 0.05) is 0 Å². The van der Waals surface area contributed by atoms with Crippen molar-refractivity contribution in [3.8, 4) is 0 Å². The molecule has 46 valence electrons. The molecule has 0 bridgehead atoms. The van der Waals surface area contributed by atoms with Gasteiger partial charge in [0.05, 0.1) is 0 Å². The highest BCUT2D eigenvalue weighted by Crippen LogP contribution is 1.74. The van der Waals surface area contributed by atoms with Crippen molar-refractivity contribution < 1.29 is 8.42 Å². The highest BCUT2D eigenvalue weighted by Gasteiger charge is 1.77. The zero-order chi connectivity index (χ0) is 6.57. The quantitative estimate of drug-likeness (QED) is 0.324. The van der Waals surface area contributed by atoms with Gasteiger partial charge >= 0.3 is 10.5 Å². The van der Waals surface area contributed by atoms with Crippen LogP contribution in [0.1, 0.15) is 0 Å². The van der Waals surface area contributed by atoms with Gasteiger partial charge in [-0.2, -0.15) is 8.42 Å². The normalized spacial score (nSPS) is 7.62. The fourth-order valence-electron chi connectivity index (χ4n) is 0.0763. The minimum atomic E-state index is -2.46. The van der Waals surface area contributed by atoms with Crippen LogP contribution in [0.3, 0.4) is 0 Å². The third-order valence-corrected chi connectivity index (χ3v) is 0.647. The van der Waals surface area contributed by atoms with Crippen LogP contribution in [0.2, 0.25) is 0 Å². The second-order valence-electron chi connectivity index (χ2n) is 0.725. The van der Waals surface area contributed by atoms with Crippen LogP contribution in [-0.4, -0.2) is 12.7 Å². The van der Waals surface area contributed by atoms with Crippen LogP contribution in [0.15, 0.2) is 4.47 Å². The zero-order valence-electron chi connectivity index (χ0n) is 3.53. The monoisotopic (exact) mass is 170 g/mol. The Bertz CT molecular complexity index is 195. The first-order valence-electron chi connectivity index (χ1n) is 1.42. The molecular weight excluding hydrogens is 168 g/mol. The molecule has 0 aromatic heterocycles. The Morgan fingerprint density at radius 2 is 2.25 bits per heavy atom. The van der Waals surface area contributed by atoms with Crippen LogP contribution in [0, 0.1) is 0 Å².